The van der Waals surface area contributed by atoms with Gasteiger partial charge in [0.15, 0.2) is 0 Å². The molecule has 1 rings (SSSR count). The summed E-state index contributed by atoms with van der Waals surface area (Å²) in [6, 6.07) is 0.110. The first-order chi connectivity index (χ1) is 9.49. The summed E-state index contributed by atoms with van der Waals surface area (Å²) >= 11 is 0. The number of hydrogen-bond donors (Lipinski definition) is 0. The quantitative estimate of drug-likeness (QED) is 0.633. The molecule has 0 aliphatic carbocycles. The highest BCUT2D eigenvalue weighted by molar-refractivity contribution is 5.92. The number of methoxy groups -OCH3 is 2. The molecule has 0 bridgehead atoms. The summed E-state index contributed by atoms with van der Waals surface area (Å²) in [6.45, 7) is 0. The summed E-state index contributed by atoms with van der Waals surface area (Å²) in [7, 11) is 1.55. The summed E-state index contributed by atoms with van der Waals surface area (Å²) in [6.07, 6.45) is -10.3. The van der Waals surface area contributed by atoms with Gasteiger partial charge in [-0.3, -0.25) is 0 Å². The number of esters is 1. The van der Waals surface area contributed by atoms with Gasteiger partial charge in [-0.15, -0.1) is 13.2 Å². The number of rotatable bonds is 3. The number of nitrogens with zero attached hydrogens (tertiary/aromatic N) is 1. The van der Waals surface area contributed by atoms with Crippen molar-refractivity contribution in [3.05, 3.63) is 17.2 Å². The lowest BCUT2D eigenvalue weighted by molar-refractivity contribution is -0.276. The zero-order valence-corrected chi connectivity index (χ0v) is 10.4. The van der Waals surface area contributed by atoms with E-state index in [-0.39, 0.29) is 6.07 Å². The van der Waals surface area contributed by atoms with Gasteiger partial charge in [-0.25, -0.2) is 4.79 Å². The molecular formula is C10H7F6NO4. The lowest BCUT2D eigenvalue weighted by atomic mass is 10.2. The first-order valence-electron chi connectivity index (χ1n) is 5.00. The SMILES string of the molecule is COC(=O)c1cc(C(F)(F)F)c(OC)nc1OC(F)(F)F. The second kappa shape index (κ2) is 5.66. The van der Waals surface area contributed by atoms with Crippen LogP contribution in [0.25, 0.3) is 0 Å². The Morgan fingerprint density at radius 3 is 2.05 bits per heavy atom. The predicted molar refractivity (Wildman–Crippen MR) is 53.8 cm³/mol. The molecule has 0 aromatic carbocycles. The molecule has 118 valence electrons. The van der Waals surface area contributed by atoms with E-state index in [0.29, 0.717) is 0 Å². The minimum atomic E-state index is -5.26. The molecule has 0 atom stereocenters. The lowest BCUT2D eigenvalue weighted by Crippen LogP contribution is -2.22. The zero-order valence-electron chi connectivity index (χ0n) is 10.4. The number of ether oxygens (including phenoxy) is 3. The third-order valence-electron chi connectivity index (χ3n) is 2.07. The van der Waals surface area contributed by atoms with Crippen LogP contribution in [0.2, 0.25) is 0 Å². The number of alkyl halides is 6. The molecule has 5 nitrogen and oxygen atoms in total. The highest BCUT2D eigenvalue weighted by Gasteiger charge is 2.40. The van der Waals surface area contributed by atoms with Crippen LogP contribution in [0.1, 0.15) is 15.9 Å². The van der Waals surface area contributed by atoms with E-state index in [2.05, 4.69) is 19.2 Å². The Hall–Kier alpha value is -2.20. The van der Waals surface area contributed by atoms with Crippen LogP contribution in [-0.2, 0) is 10.9 Å². The van der Waals surface area contributed by atoms with Gasteiger partial charge in [0.2, 0.25) is 11.8 Å². The number of carbonyl (C=O) groups excluding carboxylic acids is 1. The van der Waals surface area contributed by atoms with Gasteiger partial charge in [-0.05, 0) is 6.07 Å². The minimum Gasteiger partial charge on any atom is -0.480 e. The zero-order chi connectivity index (χ0) is 16.4. The van der Waals surface area contributed by atoms with Gasteiger partial charge >= 0.3 is 18.5 Å². The third kappa shape index (κ3) is 4.13. The van der Waals surface area contributed by atoms with E-state index >= 15 is 0 Å². The van der Waals surface area contributed by atoms with Crippen LogP contribution in [0, 0.1) is 0 Å². The molecule has 1 aromatic heterocycles. The van der Waals surface area contributed by atoms with Crippen molar-refractivity contribution >= 4 is 5.97 Å². The molecule has 21 heavy (non-hydrogen) atoms. The normalized spacial score (nSPS) is 12.0. The van der Waals surface area contributed by atoms with Crippen molar-refractivity contribution in [2.24, 2.45) is 0 Å². The fraction of sp³-hybridized carbons (Fsp3) is 0.400. The van der Waals surface area contributed by atoms with Crippen LogP contribution < -0.4 is 9.47 Å². The summed E-state index contributed by atoms with van der Waals surface area (Å²) in [5, 5.41) is 0. The number of halogens is 6. The predicted octanol–water partition coefficient (Wildman–Crippen LogP) is 2.79. The molecule has 0 radical (unpaired) electrons. The number of carbonyl (C=O) groups is 1. The second-order valence-electron chi connectivity index (χ2n) is 3.44. The molecule has 1 heterocycles. The largest absolute Gasteiger partial charge is 0.574 e. The van der Waals surface area contributed by atoms with Gasteiger partial charge in [-0.1, -0.05) is 0 Å². The fourth-order valence-electron chi connectivity index (χ4n) is 1.28. The van der Waals surface area contributed by atoms with Crippen LogP contribution in [0.15, 0.2) is 6.07 Å². The Bertz CT molecular complexity index is 540. The first kappa shape index (κ1) is 16.9. The van der Waals surface area contributed by atoms with Crippen LogP contribution in [0.5, 0.6) is 11.8 Å². The summed E-state index contributed by atoms with van der Waals surface area (Å²) in [5.41, 5.74) is -2.68. The van der Waals surface area contributed by atoms with Crippen molar-refractivity contribution in [3.8, 4) is 11.8 Å². The first-order valence-corrected chi connectivity index (χ1v) is 5.00. The Morgan fingerprint density at radius 1 is 1.10 bits per heavy atom. The maximum absolute atomic E-state index is 12.7. The average Bonchev–Trinajstić information content (AvgIpc) is 2.34. The van der Waals surface area contributed by atoms with E-state index in [0.717, 1.165) is 14.2 Å². The van der Waals surface area contributed by atoms with Gasteiger partial charge in [0.1, 0.15) is 11.1 Å². The van der Waals surface area contributed by atoms with E-state index in [4.69, 9.17) is 0 Å². The van der Waals surface area contributed by atoms with Crippen molar-refractivity contribution in [2.75, 3.05) is 14.2 Å². The van der Waals surface area contributed by atoms with Crippen LogP contribution in [-0.4, -0.2) is 31.5 Å². The molecule has 11 heteroatoms. The molecule has 0 fully saturated rings. The number of hydrogen-bond acceptors (Lipinski definition) is 5. The molecule has 0 N–H and O–H groups in total. The van der Waals surface area contributed by atoms with Crippen LogP contribution in [0.3, 0.4) is 0 Å². The molecule has 0 spiro atoms. The topological polar surface area (TPSA) is 57.7 Å². The maximum Gasteiger partial charge on any atom is 0.574 e. The molecule has 0 aliphatic rings. The van der Waals surface area contributed by atoms with Gasteiger partial charge in [-0.2, -0.15) is 18.2 Å². The summed E-state index contributed by atoms with van der Waals surface area (Å²) in [4.78, 5) is 14.2. The van der Waals surface area contributed by atoms with E-state index in [1.54, 1.807) is 0 Å². The van der Waals surface area contributed by atoms with E-state index in [1.807, 2.05) is 0 Å². The summed E-state index contributed by atoms with van der Waals surface area (Å²) < 4.78 is 86.5. The minimum absolute atomic E-state index is 0.110. The van der Waals surface area contributed by atoms with E-state index < -0.39 is 41.4 Å². The molecule has 0 unspecified atom stereocenters. The van der Waals surface area contributed by atoms with Crippen molar-refractivity contribution in [2.45, 2.75) is 12.5 Å². The van der Waals surface area contributed by atoms with Crippen molar-refractivity contribution in [1.29, 1.82) is 0 Å². The van der Waals surface area contributed by atoms with E-state index in [9.17, 15) is 31.1 Å². The Balaban J connectivity index is 3.52. The second-order valence-corrected chi connectivity index (χ2v) is 3.44. The fourth-order valence-corrected chi connectivity index (χ4v) is 1.28. The van der Waals surface area contributed by atoms with Crippen LogP contribution in [0.4, 0.5) is 26.3 Å². The average molecular weight is 319 g/mol. The molecule has 0 saturated heterocycles. The number of aromatic nitrogens is 1. The highest BCUT2D eigenvalue weighted by atomic mass is 19.4. The molecular weight excluding hydrogens is 312 g/mol. The van der Waals surface area contributed by atoms with Crippen molar-refractivity contribution < 1.29 is 45.3 Å². The molecule has 0 amide bonds. The van der Waals surface area contributed by atoms with Crippen molar-refractivity contribution in [1.82, 2.24) is 4.98 Å². The highest BCUT2D eigenvalue weighted by Crippen LogP contribution is 2.39. The monoisotopic (exact) mass is 319 g/mol. The smallest absolute Gasteiger partial charge is 0.480 e. The molecule has 0 aliphatic heterocycles. The Kier molecular flexibility index (Phi) is 4.54. The molecule has 0 saturated carbocycles. The lowest BCUT2D eigenvalue weighted by Gasteiger charge is -2.16. The van der Waals surface area contributed by atoms with Gasteiger partial charge in [0, 0.05) is 0 Å². The molecule has 1 aromatic rings. The van der Waals surface area contributed by atoms with Crippen molar-refractivity contribution in [3.63, 3.8) is 0 Å². The maximum atomic E-state index is 12.7. The summed E-state index contributed by atoms with van der Waals surface area (Å²) in [5.74, 6) is -4.05. The number of pyridine rings is 1. The van der Waals surface area contributed by atoms with Crippen LogP contribution >= 0.6 is 0 Å². The Morgan fingerprint density at radius 2 is 1.67 bits per heavy atom. The standard InChI is InChI=1S/C10H7F6NO4/c1-19-7-5(9(11,12)13)3-4(8(18)20-2)6(17-7)21-10(14,15)16/h3H,1-2H3. The van der Waals surface area contributed by atoms with Gasteiger partial charge < -0.3 is 14.2 Å². The van der Waals surface area contributed by atoms with Gasteiger partial charge in [0.25, 0.3) is 0 Å². The van der Waals surface area contributed by atoms with Gasteiger partial charge in [0.05, 0.1) is 14.2 Å². The Labute approximate surface area is 113 Å². The van der Waals surface area contributed by atoms with E-state index in [1.165, 1.54) is 0 Å². The third-order valence-corrected chi connectivity index (χ3v) is 2.07.